The standard InChI is InChI=1S/C25H28FNO2/c1-24(2,28)13-12-18-6-8-19(9-7-18)17-27-22-10-11-23(27)16-25(29,15-22)20-4-3-5-21(26)14-20/h3-9,14,22-23,28-29H,10-11,15-17H2,1-2H3/t22-,23+,25?. The second-order valence-corrected chi connectivity index (χ2v) is 9.01. The highest BCUT2D eigenvalue weighted by molar-refractivity contribution is 5.37. The van der Waals surface area contributed by atoms with Crippen molar-refractivity contribution in [2.24, 2.45) is 0 Å². The monoisotopic (exact) mass is 393 g/mol. The van der Waals surface area contributed by atoms with E-state index in [1.54, 1.807) is 19.9 Å². The molecule has 0 spiro atoms. The zero-order valence-corrected chi connectivity index (χ0v) is 17.0. The van der Waals surface area contributed by atoms with Crippen molar-refractivity contribution in [2.75, 3.05) is 0 Å². The molecule has 152 valence electrons. The number of hydrogen-bond donors (Lipinski definition) is 2. The van der Waals surface area contributed by atoms with E-state index in [0.717, 1.165) is 24.9 Å². The van der Waals surface area contributed by atoms with E-state index in [9.17, 15) is 14.6 Å². The summed E-state index contributed by atoms with van der Waals surface area (Å²) in [6.45, 7) is 4.19. The third-order valence-corrected chi connectivity index (χ3v) is 6.11. The molecule has 2 aliphatic heterocycles. The minimum absolute atomic E-state index is 0.293. The van der Waals surface area contributed by atoms with Gasteiger partial charge in [0.05, 0.1) is 5.60 Å². The quantitative estimate of drug-likeness (QED) is 0.776. The molecular weight excluding hydrogens is 365 g/mol. The molecule has 3 nitrogen and oxygen atoms in total. The molecule has 3 atom stereocenters. The van der Waals surface area contributed by atoms with Gasteiger partial charge in [0.2, 0.25) is 0 Å². The lowest BCUT2D eigenvalue weighted by molar-refractivity contribution is -0.0596. The molecule has 2 bridgehead atoms. The van der Waals surface area contributed by atoms with E-state index in [2.05, 4.69) is 28.9 Å². The lowest BCUT2D eigenvalue weighted by Crippen LogP contribution is -2.49. The number of halogens is 1. The van der Waals surface area contributed by atoms with Crippen molar-refractivity contribution in [2.45, 2.75) is 69.4 Å². The molecule has 4 rings (SSSR count). The van der Waals surface area contributed by atoms with Gasteiger partial charge in [0.25, 0.3) is 0 Å². The van der Waals surface area contributed by atoms with Gasteiger partial charge in [0.15, 0.2) is 0 Å². The maximum absolute atomic E-state index is 13.7. The molecule has 0 aliphatic carbocycles. The smallest absolute Gasteiger partial charge is 0.123 e. The van der Waals surface area contributed by atoms with Crippen LogP contribution in [0.1, 0.15) is 56.2 Å². The Kier molecular flexibility index (Phi) is 5.25. The number of fused-ring (bicyclic) bond motifs is 2. The van der Waals surface area contributed by atoms with Crippen LogP contribution in [-0.2, 0) is 12.1 Å². The normalized spacial score (nSPS) is 26.8. The van der Waals surface area contributed by atoms with Crippen molar-refractivity contribution in [1.29, 1.82) is 0 Å². The number of aliphatic hydroxyl groups is 2. The summed E-state index contributed by atoms with van der Waals surface area (Å²) in [6.07, 6.45) is 3.42. The van der Waals surface area contributed by atoms with E-state index in [1.807, 2.05) is 18.2 Å². The third kappa shape index (κ3) is 4.53. The maximum atomic E-state index is 13.7. The van der Waals surface area contributed by atoms with E-state index in [0.29, 0.717) is 30.5 Å². The lowest BCUT2D eigenvalue weighted by atomic mass is 9.80. The van der Waals surface area contributed by atoms with Gasteiger partial charge >= 0.3 is 0 Å². The molecular formula is C25H28FNO2. The fourth-order valence-electron chi connectivity index (χ4n) is 4.72. The van der Waals surface area contributed by atoms with Crippen LogP contribution in [0.4, 0.5) is 4.39 Å². The van der Waals surface area contributed by atoms with E-state index in [4.69, 9.17) is 0 Å². The molecule has 2 N–H and O–H groups in total. The number of nitrogens with zero attached hydrogens (tertiary/aromatic N) is 1. The summed E-state index contributed by atoms with van der Waals surface area (Å²) in [7, 11) is 0. The molecule has 2 saturated heterocycles. The summed E-state index contributed by atoms with van der Waals surface area (Å²) in [4.78, 5) is 2.49. The molecule has 29 heavy (non-hydrogen) atoms. The predicted octanol–water partition coefficient (Wildman–Crippen LogP) is 3.96. The fourth-order valence-corrected chi connectivity index (χ4v) is 4.72. The number of hydrogen-bond acceptors (Lipinski definition) is 3. The van der Waals surface area contributed by atoms with Gasteiger partial charge < -0.3 is 10.2 Å². The minimum atomic E-state index is -0.996. The van der Waals surface area contributed by atoms with Crippen LogP contribution in [0.3, 0.4) is 0 Å². The van der Waals surface area contributed by atoms with Gasteiger partial charge in [-0.15, -0.1) is 0 Å². The molecule has 2 fully saturated rings. The molecule has 2 aliphatic rings. The van der Waals surface area contributed by atoms with E-state index < -0.39 is 11.2 Å². The Labute approximate surface area is 172 Å². The van der Waals surface area contributed by atoms with Crippen LogP contribution in [0.15, 0.2) is 48.5 Å². The summed E-state index contributed by atoms with van der Waals surface area (Å²) in [5, 5.41) is 21.0. The predicted molar refractivity (Wildman–Crippen MR) is 112 cm³/mol. The van der Waals surface area contributed by atoms with Gasteiger partial charge in [0, 0.05) is 24.2 Å². The Balaban J connectivity index is 1.46. The van der Waals surface area contributed by atoms with Crippen LogP contribution >= 0.6 is 0 Å². The van der Waals surface area contributed by atoms with Crippen molar-refractivity contribution in [1.82, 2.24) is 4.90 Å². The first-order valence-electron chi connectivity index (χ1n) is 10.3. The van der Waals surface area contributed by atoms with Crippen LogP contribution in [0, 0.1) is 17.7 Å². The zero-order chi connectivity index (χ0) is 20.6. The molecule has 0 saturated carbocycles. The first-order valence-corrected chi connectivity index (χ1v) is 10.3. The van der Waals surface area contributed by atoms with Crippen molar-refractivity contribution < 1.29 is 14.6 Å². The van der Waals surface area contributed by atoms with E-state index >= 15 is 0 Å². The van der Waals surface area contributed by atoms with Crippen molar-refractivity contribution in [3.05, 3.63) is 71.0 Å². The zero-order valence-electron chi connectivity index (χ0n) is 17.0. The maximum Gasteiger partial charge on any atom is 0.123 e. The Morgan fingerprint density at radius 2 is 1.76 bits per heavy atom. The second-order valence-electron chi connectivity index (χ2n) is 9.01. The summed E-state index contributed by atoms with van der Waals surface area (Å²) in [5.41, 5.74) is 0.860. The van der Waals surface area contributed by atoms with Gasteiger partial charge in [-0.25, -0.2) is 4.39 Å². The molecule has 0 aromatic heterocycles. The van der Waals surface area contributed by atoms with Gasteiger partial charge in [-0.1, -0.05) is 36.1 Å². The SMILES string of the molecule is CC(C)(O)C#Cc1ccc(CN2[C@@H]3CC[C@H]2CC(O)(c2cccc(F)c2)C3)cc1. The van der Waals surface area contributed by atoms with Gasteiger partial charge in [-0.3, -0.25) is 4.90 Å². The molecule has 0 radical (unpaired) electrons. The Morgan fingerprint density at radius 1 is 1.10 bits per heavy atom. The average Bonchev–Trinajstić information content (AvgIpc) is 2.91. The van der Waals surface area contributed by atoms with Crippen molar-refractivity contribution >= 4 is 0 Å². The number of rotatable bonds is 3. The Hall–Kier alpha value is -2.19. The second kappa shape index (κ2) is 7.57. The highest BCUT2D eigenvalue weighted by Crippen LogP contribution is 2.46. The lowest BCUT2D eigenvalue weighted by Gasteiger charge is -2.44. The van der Waals surface area contributed by atoms with Crippen LogP contribution < -0.4 is 0 Å². The summed E-state index contributed by atoms with van der Waals surface area (Å²) < 4.78 is 13.7. The average molecular weight is 394 g/mol. The molecule has 2 aromatic carbocycles. The fraction of sp³-hybridized carbons (Fsp3) is 0.440. The van der Waals surface area contributed by atoms with E-state index in [-0.39, 0.29) is 5.82 Å². The first kappa shape index (κ1) is 20.1. The highest BCUT2D eigenvalue weighted by Gasteiger charge is 2.48. The topological polar surface area (TPSA) is 43.7 Å². The molecule has 0 amide bonds. The highest BCUT2D eigenvalue weighted by atomic mass is 19.1. The van der Waals surface area contributed by atoms with E-state index in [1.165, 1.54) is 17.7 Å². The van der Waals surface area contributed by atoms with Crippen molar-refractivity contribution in [3.8, 4) is 11.8 Å². The van der Waals surface area contributed by atoms with Crippen molar-refractivity contribution in [3.63, 3.8) is 0 Å². The largest absolute Gasteiger partial charge is 0.385 e. The Bertz CT molecular complexity index is 922. The first-order chi connectivity index (χ1) is 13.7. The summed E-state index contributed by atoms with van der Waals surface area (Å²) in [5.74, 6) is 5.54. The van der Waals surface area contributed by atoms with Crippen LogP contribution in [0.2, 0.25) is 0 Å². The number of piperidine rings is 1. The van der Waals surface area contributed by atoms with Crippen LogP contribution in [0.5, 0.6) is 0 Å². The van der Waals surface area contributed by atoms with Crippen LogP contribution in [0.25, 0.3) is 0 Å². The Morgan fingerprint density at radius 3 is 2.34 bits per heavy atom. The van der Waals surface area contributed by atoms with Gasteiger partial charge in [0.1, 0.15) is 11.4 Å². The summed E-state index contributed by atoms with van der Waals surface area (Å²) >= 11 is 0. The number of benzene rings is 2. The van der Waals surface area contributed by atoms with Gasteiger partial charge in [-0.05, 0) is 74.9 Å². The molecule has 2 aromatic rings. The molecule has 4 heteroatoms. The molecule has 2 heterocycles. The molecule has 1 unspecified atom stereocenters. The summed E-state index contributed by atoms with van der Waals surface area (Å²) in [6, 6.07) is 15.2. The van der Waals surface area contributed by atoms with Crippen LogP contribution in [-0.4, -0.2) is 32.8 Å². The van der Waals surface area contributed by atoms with Gasteiger partial charge in [-0.2, -0.15) is 0 Å². The minimum Gasteiger partial charge on any atom is -0.385 e. The third-order valence-electron chi connectivity index (χ3n) is 6.11.